The van der Waals surface area contributed by atoms with E-state index in [1.807, 2.05) is 38.2 Å². The van der Waals surface area contributed by atoms with Gasteiger partial charge >= 0.3 is 5.97 Å². The number of hydrogen-bond acceptors (Lipinski definition) is 4. The molecule has 0 aliphatic heterocycles. The fraction of sp³-hybridized carbons (Fsp3) is 0.357. The van der Waals surface area contributed by atoms with E-state index in [4.69, 9.17) is 4.74 Å². The molecule has 0 radical (unpaired) electrons. The molecule has 0 saturated heterocycles. The Hall–Kier alpha value is -2.17. The largest absolute Gasteiger partial charge is 0.465 e. The van der Waals surface area contributed by atoms with Crippen LogP contribution in [-0.2, 0) is 16.6 Å². The molecular weight excluding hydrogens is 242 g/mol. The van der Waals surface area contributed by atoms with Gasteiger partial charge < -0.3 is 9.30 Å². The summed E-state index contributed by atoms with van der Waals surface area (Å²) in [6.45, 7) is 4.11. The van der Waals surface area contributed by atoms with Crippen molar-refractivity contribution in [3.8, 4) is 0 Å². The second-order valence-corrected chi connectivity index (χ2v) is 4.34. The minimum atomic E-state index is -0.534. The molecule has 1 aromatic heterocycles. The lowest BCUT2D eigenvalue weighted by molar-refractivity contribution is -0.144. The molecule has 1 aromatic carbocycles. The Morgan fingerprint density at radius 2 is 2.16 bits per heavy atom. The first kappa shape index (κ1) is 13.3. The molecule has 1 unspecified atom stereocenters. The monoisotopic (exact) mass is 259 g/mol. The second kappa shape index (κ2) is 5.65. The number of aryl methyl sites for hydroxylation is 2. The van der Waals surface area contributed by atoms with Crippen LogP contribution in [0.5, 0.6) is 0 Å². The average Bonchev–Trinajstić information content (AvgIpc) is 2.79. The molecule has 0 N–H and O–H groups in total. The van der Waals surface area contributed by atoms with Gasteiger partial charge in [-0.25, -0.2) is 0 Å². The summed E-state index contributed by atoms with van der Waals surface area (Å²) < 4.78 is 6.92. The van der Waals surface area contributed by atoms with Gasteiger partial charge in [0.1, 0.15) is 12.2 Å². The van der Waals surface area contributed by atoms with E-state index in [2.05, 4.69) is 10.2 Å². The van der Waals surface area contributed by atoms with Crippen LogP contribution in [0.1, 0.15) is 29.8 Å². The van der Waals surface area contributed by atoms with Crippen molar-refractivity contribution < 1.29 is 9.53 Å². The van der Waals surface area contributed by atoms with Gasteiger partial charge in [0.05, 0.1) is 6.61 Å². The van der Waals surface area contributed by atoms with Crippen LogP contribution in [0.3, 0.4) is 0 Å². The number of benzene rings is 1. The van der Waals surface area contributed by atoms with Crippen LogP contribution in [-0.4, -0.2) is 27.3 Å². The fourth-order valence-corrected chi connectivity index (χ4v) is 2.06. The molecule has 5 nitrogen and oxygen atoms in total. The van der Waals surface area contributed by atoms with Crippen LogP contribution < -0.4 is 0 Å². The molecule has 1 heterocycles. The van der Waals surface area contributed by atoms with E-state index >= 15 is 0 Å². The molecule has 0 bridgehead atoms. The Labute approximate surface area is 112 Å². The lowest BCUT2D eigenvalue weighted by Gasteiger charge is -2.17. The third-order valence-electron chi connectivity index (χ3n) is 3.03. The lowest BCUT2D eigenvalue weighted by atomic mass is 9.94. The van der Waals surface area contributed by atoms with Crippen LogP contribution in [0.2, 0.25) is 0 Å². The molecule has 1 atom stereocenters. The summed E-state index contributed by atoms with van der Waals surface area (Å²) in [7, 11) is 1.82. The first-order valence-corrected chi connectivity index (χ1v) is 6.21. The molecule has 2 rings (SSSR count). The van der Waals surface area contributed by atoms with E-state index in [1.54, 1.807) is 17.8 Å². The molecule has 0 aliphatic carbocycles. The Balaban J connectivity index is 2.50. The van der Waals surface area contributed by atoms with Crippen LogP contribution in [0.25, 0.3) is 0 Å². The van der Waals surface area contributed by atoms with Gasteiger partial charge in [0.15, 0.2) is 5.82 Å². The third-order valence-corrected chi connectivity index (χ3v) is 3.03. The van der Waals surface area contributed by atoms with Crippen molar-refractivity contribution in [1.82, 2.24) is 14.8 Å². The zero-order chi connectivity index (χ0) is 13.8. The molecule has 0 aliphatic rings. The number of ether oxygens (including phenoxy) is 1. The Bertz CT molecular complexity index is 578. The van der Waals surface area contributed by atoms with E-state index in [0.717, 1.165) is 11.1 Å². The highest BCUT2D eigenvalue weighted by molar-refractivity contribution is 5.81. The molecule has 0 saturated carbocycles. The quantitative estimate of drug-likeness (QED) is 0.786. The van der Waals surface area contributed by atoms with Crippen molar-refractivity contribution in [2.24, 2.45) is 7.05 Å². The van der Waals surface area contributed by atoms with E-state index < -0.39 is 5.92 Å². The van der Waals surface area contributed by atoms with E-state index in [1.165, 1.54) is 0 Å². The van der Waals surface area contributed by atoms with Crippen molar-refractivity contribution in [1.29, 1.82) is 0 Å². The second-order valence-electron chi connectivity index (χ2n) is 4.34. The topological polar surface area (TPSA) is 57.0 Å². The molecule has 0 fully saturated rings. The number of carbonyl (C=O) groups is 1. The molecule has 100 valence electrons. The number of esters is 1. The number of nitrogens with zero attached hydrogens (tertiary/aromatic N) is 3. The molecule has 2 aromatic rings. The van der Waals surface area contributed by atoms with Gasteiger partial charge in [-0.3, -0.25) is 4.79 Å². The fourth-order valence-electron chi connectivity index (χ4n) is 2.06. The maximum Gasteiger partial charge on any atom is 0.321 e. The van der Waals surface area contributed by atoms with Gasteiger partial charge in [-0.15, -0.1) is 10.2 Å². The van der Waals surface area contributed by atoms with Crippen molar-refractivity contribution >= 4 is 5.97 Å². The van der Waals surface area contributed by atoms with Crippen LogP contribution in [0.15, 0.2) is 30.6 Å². The first-order valence-electron chi connectivity index (χ1n) is 6.21. The van der Waals surface area contributed by atoms with Gasteiger partial charge in [0.25, 0.3) is 0 Å². The predicted molar refractivity (Wildman–Crippen MR) is 70.7 cm³/mol. The summed E-state index contributed by atoms with van der Waals surface area (Å²) in [4.78, 5) is 12.2. The molecular formula is C14H17N3O2. The van der Waals surface area contributed by atoms with Crippen LogP contribution in [0.4, 0.5) is 0 Å². The summed E-state index contributed by atoms with van der Waals surface area (Å²) in [5.74, 6) is -0.241. The van der Waals surface area contributed by atoms with Crippen LogP contribution in [0, 0.1) is 6.92 Å². The first-order chi connectivity index (χ1) is 9.15. The number of hydrogen-bond donors (Lipinski definition) is 0. The van der Waals surface area contributed by atoms with Crippen molar-refractivity contribution in [2.75, 3.05) is 6.61 Å². The van der Waals surface area contributed by atoms with Crippen molar-refractivity contribution in [3.05, 3.63) is 47.5 Å². The summed E-state index contributed by atoms with van der Waals surface area (Å²) in [5.41, 5.74) is 1.93. The minimum Gasteiger partial charge on any atom is -0.465 e. The number of carbonyl (C=O) groups excluding carboxylic acids is 1. The van der Waals surface area contributed by atoms with Crippen molar-refractivity contribution in [2.45, 2.75) is 19.8 Å². The summed E-state index contributed by atoms with van der Waals surface area (Å²) >= 11 is 0. The minimum absolute atomic E-state index is 0.298. The standard InChI is InChI=1S/C14H17N3O2/c1-4-19-14(18)12(13-16-15-9-17(13)3)11-8-6-5-7-10(11)2/h5-9,12H,4H2,1-3H3. The third kappa shape index (κ3) is 2.65. The molecule has 0 spiro atoms. The highest BCUT2D eigenvalue weighted by atomic mass is 16.5. The Kier molecular flexibility index (Phi) is 3.94. The number of aromatic nitrogens is 3. The van der Waals surface area contributed by atoms with Gasteiger partial charge in [0, 0.05) is 7.05 Å². The highest BCUT2D eigenvalue weighted by Crippen LogP contribution is 2.26. The molecule has 5 heteroatoms. The lowest BCUT2D eigenvalue weighted by Crippen LogP contribution is -2.21. The SMILES string of the molecule is CCOC(=O)C(c1ccccc1C)c1nncn1C. The number of rotatable bonds is 4. The summed E-state index contributed by atoms with van der Waals surface area (Å²) in [6.07, 6.45) is 1.58. The van der Waals surface area contributed by atoms with E-state index in [9.17, 15) is 4.79 Å². The maximum atomic E-state index is 12.2. The highest BCUT2D eigenvalue weighted by Gasteiger charge is 2.29. The van der Waals surface area contributed by atoms with Crippen molar-refractivity contribution in [3.63, 3.8) is 0 Å². The maximum absolute atomic E-state index is 12.2. The zero-order valence-electron chi connectivity index (χ0n) is 11.3. The zero-order valence-corrected chi connectivity index (χ0v) is 11.3. The molecule has 0 amide bonds. The Morgan fingerprint density at radius 1 is 1.42 bits per heavy atom. The van der Waals surface area contributed by atoms with Gasteiger partial charge in [0.2, 0.25) is 0 Å². The van der Waals surface area contributed by atoms with E-state index in [0.29, 0.717) is 12.4 Å². The Morgan fingerprint density at radius 3 is 2.74 bits per heavy atom. The smallest absolute Gasteiger partial charge is 0.321 e. The average molecular weight is 259 g/mol. The van der Waals surface area contributed by atoms with E-state index in [-0.39, 0.29) is 5.97 Å². The van der Waals surface area contributed by atoms with Crippen LogP contribution >= 0.6 is 0 Å². The summed E-state index contributed by atoms with van der Waals surface area (Å²) in [6, 6.07) is 7.74. The molecule has 19 heavy (non-hydrogen) atoms. The predicted octanol–water partition coefficient (Wildman–Crippen LogP) is 1.82. The van der Waals surface area contributed by atoms with Gasteiger partial charge in [-0.2, -0.15) is 0 Å². The van der Waals surface area contributed by atoms with Gasteiger partial charge in [-0.1, -0.05) is 24.3 Å². The van der Waals surface area contributed by atoms with Gasteiger partial charge in [-0.05, 0) is 25.0 Å². The normalized spacial score (nSPS) is 12.2. The summed E-state index contributed by atoms with van der Waals surface area (Å²) in [5, 5.41) is 7.89.